The van der Waals surface area contributed by atoms with Crippen LogP contribution >= 0.6 is 24.0 Å². The van der Waals surface area contributed by atoms with E-state index < -0.39 is 0 Å². The quantitative estimate of drug-likeness (QED) is 0.362. The first kappa shape index (κ1) is 23.8. The van der Waals surface area contributed by atoms with Crippen molar-refractivity contribution >= 4 is 29.9 Å². The Hall–Kier alpha value is -1.22. The van der Waals surface area contributed by atoms with E-state index in [0.717, 1.165) is 42.0 Å². The fourth-order valence-electron chi connectivity index (χ4n) is 3.51. The third kappa shape index (κ3) is 7.37. The largest absolute Gasteiger partial charge is 0.497 e. The molecule has 0 aliphatic carbocycles. The number of piperidine rings is 1. The van der Waals surface area contributed by atoms with Gasteiger partial charge in [0.15, 0.2) is 5.96 Å². The molecule has 1 atom stereocenters. The summed E-state index contributed by atoms with van der Waals surface area (Å²) in [6.07, 6.45) is 2.67. The molecule has 1 aliphatic heterocycles. The Balaban J connectivity index is 0.00000364. The van der Waals surface area contributed by atoms with Gasteiger partial charge in [0.25, 0.3) is 0 Å². The second kappa shape index (κ2) is 12.3. The monoisotopic (exact) mass is 490 g/mol. The van der Waals surface area contributed by atoms with E-state index in [2.05, 4.69) is 27.0 Å². The highest BCUT2D eigenvalue weighted by Gasteiger charge is 2.16. The normalized spacial score (nSPS) is 17.8. The van der Waals surface area contributed by atoms with E-state index >= 15 is 0 Å². The summed E-state index contributed by atoms with van der Waals surface area (Å²) in [4.78, 5) is 9.08. The molecule has 6 nitrogen and oxygen atoms in total. The zero-order chi connectivity index (χ0) is 18.9. The van der Waals surface area contributed by atoms with E-state index in [4.69, 9.17) is 9.47 Å². The predicted molar refractivity (Wildman–Crippen MR) is 123 cm³/mol. The van der Waals surface area contributed by atoms with Crippen LogP contribution in [-0.4, -0.2) is 70.3 Å². The van der Waals surface area contributed by atoms with Gasteiger partial charge in [0, 0.05) is 51.9 Å². The van der Waals surface area contributed by atoms with Gasteiger partial charge in [-0.2, -0.15) is 0 Å². The van der Waals surface area contributed by atoms with Crippen LogP contribution in [0.4, 0.5) is 0 Å². The number of aliphatic imine (C=N–C) groups is 1. The number of rotatable bonds is 7. The minimum absolute atomic E-state index is 0. The number of halogens is 1. The van der Waals surface area contributed by atoms with Crippen molar-refractivity contribution in [3.8, 4) is 11.5 Å². The lowest BCUT2D eigenvalue weighted by Gasteiger charge is -2.31. The maximum absolute atomic E-state index is 5.50. The molecule has 0 bridgehead atoms. The van der Waals surface area contributed by atoms with Gasteiger partial charge in [0.2, 0.25) is 0 Å². The first-order valence-corrected chi connectivity index (χ1v) is 9.42. The lowest BCUT2D eigenvalue weighted by Crippen LogP contribution is -2.44. The van der Waals surface area contributed by atoms with Crippen molar-refractivity contribution in [1.82, 2.24) is 15.1 Å². The molecule has 0 saturated carbocycles. The Morgan fingerprint density at radius 3 is 2.74 bits per heavy atom. The maximum Gasteiger partial charge on any atom is 0.193 e. The van der Waals surface area contributed by atoms with E-state index in [1.807, 2.05) is 32.3 Å². The first-order chi connectivity index (χ1) is 12.6. The molecule has 1 aliphatic rings. The molecule has 1 fully saturated rings. The molecule has 1 heterocycles. The number of methoxy groups -OCH3 is 2. The number of nitrogens with one attached hydrogen (secondary N) is 1. The van der Waals surface area contributed by atoms with Gasteiger partial charge in [0.05, 0.1) is 14.2 Å². The third-order valence-corrected chi connectivity index (χ3v) is 4.93. The van der Waals surface area contributed by atoms with E-state index in [-0.39, 0.29) is 24.0 Å². The highest BCUT2D eigenvalue weighted by Crippen LogP contribution is 2.25. The van der Waals surface area contributed by atoms with Crippen LogP contribution in [0.15, 0.2) is 23.2 Å². The van der Waals surface area contributed by atoms with E-state index in [1.165, 1.54) is 25.9 Å². The topological polar surface area (TPSA) is 49.3 Å². The lowest BCUT2D eigenvalue weighted by molar-refractivity contribution is 0.186. The van der Waals surface area contributed by atoms with E-state index in [9.17, 15) is 0 Å². The average Bonchev–Trinajstić information content (AvgIpc) is 2.65. The summed E-state index contributed by atoms with van der Waals surface area (Å²) in [5.74, 6) is 3.33. The molecule has 0 radical (unpaired) electrons. The Bertz CT molecular complexity index is 597. The van der Waals surface area contributed by atoms with Crippen molar-refractivity contribution in [2.24, 2.45) is 10.9 Å². The maximum atomic E-state index is 5.50. The molecule has 0 aromatic heterocycles. The molecule has 0 amide bonds. The number of guanidine groups is 1. The fourth-order valence-corrected chi connectivity index (χ4v) is 3.51. The smallest absolute Gasteiger partial charge is 0.193 e. The van der Waals surface area contributed by atoms with E-state index in [0.29, 0.717) is 6.54 Å². The van der Waals surface area contributed by atoms with Crippen molar-refractivity contribution in [2.45, 2.75) is 26.3 Å². The van der Waals surface area contributed by atoms with Crippen molar-refractivity contribution in [3.05, 3.63) is 23.8 Å². The minimum atomic E-state index is 0. The molecule has 1 aromatic carbocycles. The van der Waals surface area contributed by atoms with E-state index in [1.54, 1.807) is 14.2 Å². The number of benzene rings is 1. The average molecular weight is 490 g/mol. The summed E-state index contributed by atoms with van der Waals surface area (Å²) in [5, 5.41) is 3.48. The molecule has 1 unspecified atom stereocenters. The Labute approximate surface area is 181 Å². The summed E-state index contributed by atoms with van der Waals surface area (Å²) in [6.45, 7) is 7.44. The zero-order valence-electron chi connectivity index (χ0n) is 17.3. The molecule has 2 rings (SSSR count). The van der Waals surface area contributed by atoms with Crippen molar-refractivity contribution in [1.29, 1.82) is 0 Å². The van der Waals surface area contributed by atoms with Gasteiger partial charge >= 0.3 is 0 Å². The standard InChI is InChI=1S/C20H34N4O2.HI/c1-16-7-6-11-24(14-16)12-10-22-20(21-2)23(3)15-17-8-9-18(25-4)13-19(17)26-5;/h8-9,13,16H,6-7,10-12,14-15H2,1-5H3,(H,21,22);1H. The Morgan fingerprint density at radius 2 is 2.11 bits per heavy atom. The second-order valence-corrected chi connectivity index (χ2v) is 7.06. The Kier molecular flexibility index (Phi) is 10.8. The predicted octanol–water partition coefficient (Wildman–Crippen LogP) is 3.06. The number of likely N-dealkylation sites (tertiary alicyclic amines) is 1. The molecule has 1 N–H and O–H groups in total. The third-order valence-electron chi connectivity index (χ3n) is 4.93. The number of hydrogen-bond donors (Lipinski definition) is 1. The van der Waals surface area contributed by atoms with Gasteiger partial charge in [-0.05, 0) is 37.4 Å². The summed E-state index contributed by atoms with van der Waals surface area (Å²) < 4.78 is 10.8. The second-order valence-electron chi connectivity index (χ2n) is 7.06. The molecule has 154 valence electrons. The fraction of sp³-hybridized carbons (Fsp3) is 0.650. The van der Waals surface area contributed by atoms with Gasteiger partial charge < -0.3 is 24.6 Å². The van der Waals surface area contributed by atoms with Crippen LogP contribution in [0.2, 0.25) is 0 Å². The molecular weight excluding hydrogens is 455 g/mol. The van der Waals surface area contributed by atoms with Crippen LogP contribution in [0.3, 0.4) is 0 Å². The van der Waals surface area contributed by atoms with Crippen LogP contribution in [0.5, 0.6) is 11.5 Å². The molecule has 1 aromatic rings. The number of ether oxygens (including phenoxy) is 2. The van der Waals surface area contributed by atoms with Crippen LogP contribution in [0.1, 0.15) is 25.3 Å². The molecule has 27 heavy (non-hydrogen) atoms. The van der Waals surface area contributed by atoms with Crippen molar-refractivity contribution in [2.75, 3.05) is 54.5 Å². The SMILES string of the molecule is CN=C(NCCN1CCCC(C)C1)N(C)Cc1ccc(OC)cc1OC.I. The molecular formula is C20H35IN4O2. The number of hydrogen-bond acceptors (Lipinski definition) is 4. The van der Waals surface area contributed by atoms with Crippen LogP contribution in [0.25, 0.3) is 0 Å². The highest BCUT2D eigenvalue weighted by molar-refractivity contribution is 14.0. The van der Waals surface area contributed by atoms with Gasteiger partial charge in [-0.1, -0.05) is 6.92 Å². The van der Waals surface area contributed by atoms with Crippen LogP contribution < -0.4 is 14.8 Å². The van der Waals surface area contributed by atoms with Crippen LogP contribution in [-0.2, 0) is 6.54 Å². The molecule has 7 heteroatoms. The lowest BCUT2D eigenvalue weighted by atomic mass is 10.0. The molecule has 1 saturated heterocycles. The summed E-state index contributed by atoms with van der Waals surface area (Å²) >= 11 is 0. The van der Waals surface area contributed by atoms with Gasteiger partial charge in [-0.15, -0.1) is 24.0 Å². The zero-order valence-corrected chi connectivity index (χ0v) is 19.7. The summed E-state index contributed by atoms with van der Waals surface area (Å²) in [6, 6.07) is 5.91. The van der Waals surface area contributed by atoms with Gasteiger partial charge in [0.1, 0.15) is 11.5 Å². The van der Waals surface area contributed by atoms with Crippen molar-refractivity contribution in [3.63, 3.8) is 0 Å². The van der Waals surface area contributed by atoms with Crippen LogP contribution in [0, 0.1) is 5.92 Å². The molecule has 0 spiro atoms. The Morgan fingerprint density at radius 1 is 1.33 bits per heavy atom. The highest BCUT2D eigenvalue weighted by atomic mass is 127. The van der Waals surface area contributed by atoms with Crippen molar-refractivity contribution < 1.29 is 9.47 Å². The van der Waals surface area contributed by atoms with Gasteiger partial charge in [-0.3, -0.25) is 4.99 Å². The summed E-state index contributed by atoms with van der Waals surface area (Å²) in [7, 11) is 7.22. The number of nitrogens with zero attached hydrogens (tertiary/aromatic N) is 3. The van der Waals surface area contributed by atoms with Gasteiger partial charge in [-0.25, -0.2) is 0 Å². The first-order valence-electron chi connectivity index (χ1n) is 9.42. The minimum Gasteiger partial charge on any atom is -0.497 e. The summed E-state index contributed by atoms with van der Waals surface area (Å²) in [5.41, 5.74) is 1.10.